The quantitative estimate of drug-likeness (QED) is 0.859. The highest BCUT2D eigenvalue weighted by atomic mass is 35.5. The molecule has 0 aliphatic heterocycles. The Hall–Kier alpha value is -0.880. The van der Waals surface area contributed by atoms with Crippen LogP contribution in [0, 0.1) is 0 Å². The molecule has 0 bridgehead atoms. The molecule has 6 heteroatoms. The summed E-state index contributed by atoms with van der Waals surface area (Å²) in [5.74, 6) is 0. The Kier molecular flexibility index (Phi) is 4.70. The fraction of sp³-hybridized carbons (Fsp3) is 0.273. The fourth-order valence-corrected chi connectivity index (χ4v) is 1.92. The first-order valence-electron chi connectivity index (χ1n) is 5.00. The van der Waals surface area contributed by atoms with Gasteiger partial charge in [-0.2, -0.15) is 0 Å². The number of benzene rings is 1. The van der Waals surface area contributed by atoms with Crippen molar-refractivity contribution in [2.24, 2.45) is 5.14 Å². The number of rotatable bonds is 5. The molecule has 0 radical (unpaired) electrons. The van der Waals surface area contributed by atoms with Crippen LogP contribution in [0.4, 0.5) is 0 Å². The van der Waals surface area contributed by atoms with Gasteiger partial charge in [0, 0.05) is 17.6 Å². The Morgan fingerprint density at radius 3 is 2.41 bits per heavy atom. The van der Waals surface area contributed by atoms with Crippen LogP contribution in [0.25, 0.3) is 0 Å². The highest BCUT2D eigenvalue weighted by Gasteiger charge is 2.09. The lowest BCUT2D eigenvalue weighted by molar-refractivity contribution is 0.596. The molecule has 0 aromatic heterocycles. The Balaban J connectivity index is 2.77. The average Bonchev–Trinajstić information content (AvgIpc) is 2.25. The largest absolute Gasteiger partial charge is 0.305 e. The number of nitrogens with one attached hydrogen (secondary N) is 1. The summed E-state index contributed by atoms with van der Waals surface area (Å²) in [6, 6.07) is 6.46. The lowest BCUT2D eigenvalue weighted by atomic mass is 10.1. The van der Waals surface area contributed by atoms with E-state index in [4.69, 9.17) is 16.7 Å². The number of halogens is 1. The van der Waals surface area contributed by atoms with E-state index in [1.165, 1.54) is 12.1 Å². The van der Waals surface area contributed by atoms with Crippen LogP contribution in [0.1, 0.15) is 18.5 Å². The molecular formula is C11H15ClN2O2S. The summed E-state index contributed by atoms with van der Waals surface area (Å²) in [7, 11) is -3.63. The molecule has 1 rings (SSSR count). The minimum atomic E-state index is -3.63. The van der Waals surface area contributed by atoms with Crippen LogP contribution in [0.2, 0.25) is 0 Å². The molecular weight excluding hydrogens is 260 g/mol. The second-order valence-electron chi connectivity index (χ2n) is 3.73. The Morgan fingerprint density at radius 1 is 1.47 bits per heavy atom. The zero-order valence-electron chi connectivity index (χ0n) is 9.48. The third kappa shape index (κ3) is 4.47. The van der Waals surface area contributed by atoms with Gasteiger partial charge in [0.25, 0.3) is 0 Å². The number of hydrogen-bond donors (Lipinski definition) is 2. The number of sulfonamides is 1. The first kappa shape index (κ1) is 14.2. The zero-order chi connectivity index (χ0) is 13.1. The molecule has 0 spiro atoms. The van der Waals surface area contributed by atoms with Crippen molar-refractivity contribution in [3.05, 3.63) is 41.4 Å². The van der Waals surface area contributed by atoms with E-state index in [0.717, 1.165) is 5.56 Å². The molecule has 94 valence electrons. The van der Waals surface area contributed by atoms with Crippen molar-refractivity contribution in [3.63, 3.8) is 0 Å². The lowest BCUT2D eigenvalue weighted by Crippen LogP contribution is -2.20. The smallest absolute Gasteiger partial charge is 0.238 e. The van der Waals surface area contributed by atoms with E-state index < -0.39 is 10.0 Å². The lowest BCUT2D eigenvalue weighted by Gasteiger charge is -2.13. The van der Waals surface area contributed by atoms with Crippen LogP contribution in [0.3, 0.4) is 0 Å². The molecule has 0 aliphatic rings. The predicted octanol–water partition coefficient (Wildman–Crippen LogP) is 1.74. The maximum absolute atomic E-state index is 11.1. The van der Waals surface area contributed by atoms with E-state index in [2.05, 4.69) is 11.9 Å². The van der Waals surface area contributed by atoms with Crippen LogP contribution in [-0.2, 0) is 10.0 Å². The van der Waals surface area contributed by atoms with Crippen molar-refractivity contribution >= 4 is 21.6 Å². The third-order valence-electron chi connectivity index (χ3n) is 2.31. The molecule has 0 heterocycles. The van der Waals surface area contributed by atoms with Gasteiger partial charge in [-0.15, -0.1) is 0 Å². The third-order valence-corrected chi connectivity index (χ3v) is 3.37. The zero-order valence-corrected chi connectivity index (χ0v) is 11.1. The monoisotopic (exact) mass is 274 g/mol. The highest BCUT2D eigenvalue weighted by molar-refractivity contribution is 7.89. The molecule has 17 heavy (non-hydrogen) atoms. The standard InChI is InChI=1S/C11H15ClN2O2S/c1-8(12)7-14-9(2)10-3-5-11(6-4-10)17(13,15)16/h3-6,9,14H,1,7H2,2H3,(H2,13,15,16). The van der Waals surface area contributed by atoms with Gasteiger partial charge >= 0.3 is 0 Å². The maximum Gasteiger partial charge on any atom is 0.238 e. The minimum Gasteiger partial charge on any atom is -0.305 e. The van der Waals surface area contributed by atoms with Crippen molar-refractivity contribution in [2.45, 2.75) is 17.9 Å². The second-order valence-corrected chi connectivity index (χ2v) is 5.83. The van der Waals surface area contributed by atoms with Gasteiger partial charge in [-0.05, 0) is 24.6 Å². The summed E-state index contributed by atoms with van der Waals surface area (Å²) < 4.78 is 22.1. The van der Waals surface area contributed by atoms with Crippen LogP contribution < -0.4 is 10.5 Å². The molecule has 4 nitrogen and oxygen atoms in total. The highest BCUT2D eigenvalue weighted by Crippen LogP contribution is 2.15. The van der Waals surface area contributed by atoms with Crippen LogP contribution in [0.5, 0.6) is 0 Å². The van der Waals surface area contributed by atoms with Gasteiger partial charge in [-0.1, -0.05) is 30.3 Å². The fourth-order valence-electron chi connectivity index (χ4n) is 1.33. The van der Waals surface area contributed by atoms with Crippen molar-refractivity contribution in [3.8, 4) is 0 Å². The summed E-state index contributed by atoms with van der Waals surface area (Å²) >= 11 is 5.64. The molecule has 0 fully saturated rings. The van der Waals surface area contributed by atoms with Gasteiger partial charge < -0.3 is 5.32 Å². The Bertz CT molecular complexity index is 497. The van der Waals surface area contributed by atoms with Crippen LogP contribution in [0.15, 0.2) is 40.8 Å². The number of hydrogen-bond acceptors (Lipinski definition) is 3. The van der Waals surface area contributed by atoms with E-state index in [-0.39, 0.29) is 10.9 Å². The molecule has 1 aromatic rings. The van der Waals surface area contributed by atoms with Crippen LogP contribution in [-0.4, -0.2) is 15.0 Å². The van der Waals surface area contributed by atoms with Crippen molar-refractivity contribution in [2.75, 3.05) is 6.54 Å². The van der Waals surface area contributed by atoms with E-state index in [1.54, 1.807) is 12.1 Å². The normalized spacial score (nSPS) is 13.4. The van der Waals surface area contributed by atoms with Crippen LogP contribution >= 0.6 is 11.6 Å². The molecule has 1 unspecified atom stereocenters. The predicted molar refractivity (Wildman–Crippen MR) is 69.2 cm³/mol. The molecule has 0 amide bonds. The average molecular weight is 275 g/mol. The van der Waals surface area contributed by atoms with Crippen molar-refractivity contribution < 1.29 is 8.42 Å². The summed E-state index contributed by atoms with van der Waals surface area (Å²) in [4.78, 5) is 0.107. The molecule has 0 aliphatic carbocycles. The van der Waals surface area contributed by atoms with Gasteiger partial charge in [0.2, 0.25) is 10.0 Å². The summed E-state index contributed by atoms with van der Waals surface area (Å²) in [6.45, 7) is 6.02. The number of primary sulfonamides is 1. The molecule has 1 aromatic carbocycles. The minimum absolute atomic E-state index is 0.0556. The molecule has 3 N–H and O–H groups in total. The van der Waals surface area contributed by atoms with Gasteiger partial charge in [0.05, 0.1) is 4.90 Å². The van der Waals surface area contributed by atoms with Gasteiger partial charge in [-0.3, -0.25) is 0 Å². The summed E-state index contributed by atoms with van der Waals surface area (Å²) in [6.07, 6.45) is 0. The number of nitrogens with two attached hydrogens (primary N) is 1. The van der Waals surface area contributed by atoms with Crippen molar-refractivity contribution in [1.82, 2.24) is 5.32 Å². The van der Waals surface area contributed by atoms with Gasteiger partial charge in [0.15, 0.2) is 0 Å². The summed E-state index contributed by atoms with van der Waals surface area (Å²) in [5.41, 5.74) is 0.954. The molecule has 1 atom stereocenters. The van der Waals surface area contributed by atoms with E-state index in [9.17, 15) is 8.42 Å². The Morgan fingerprint density at radius 2 is 2.00 bits per heavy atom. The molecule has 0 saturated carbocycles. The van der Waals surface area contributed by atoms with Crippen molar-refractivity contribution in [1.29, 1.82) is 0 Å². The van der Waals surface area contributed by atoms with Gasteiger partial charge in [0.1, 0.15) is 0 Å². The van der Waals surface area contributed by atoms with Gasteiger partial charge in [-0.25, -0.2) is 13.6 Å². The topological polar surface area (TPSA) is 72.2 Å². The molecule has 0 saturated heterocycles. The maximum atomic E-state index is 11.1. The summed E-state index contributed by atoms with van der Waals surface area (Å²) in [5, 5.41) is 8.68. The second kappa shape index (κ2) is 5.64. The van der Waals surface area contributed by atoms with E-state index in [0.29, 0.717) is 11.6 Å². The SMILES string of the molecule is C=C(Cl)CNC(C)c1ccc(S(N)(=O)=O)cc1. The first-order chi connectivity index (χ1) is 7.80. The Labute approximate surface area is 107 Å². The van der Waals surface area contributed by atoms with E-state index >= 15 is 0 Å². The van der Waals surface area contributed by atoms with E-state index in [1.807, 2.05) is 6.92 Å². The first-order valence-corrected chi connectivity index (χ1v) is 6.92.